The van der Waals surface area contributed by atoms with Crippen LogP contribution < -0.4 is 0 Å². The van der Waals surface area contributed by atoms with Crippen LogP contribution in [0.15, 0.2) is 65.1 Å². The fourth-order valence-corrected chi connectivity index (χ4v) is 2.62. The summed E-state index contributed by atoms with van der Waals surface area (Å²) in [6.45, 7) is 0. The van der Waals surface area contributed by atoms with Gasteiger partial charge in [0.25, 0.3) is 0 Å². The minimum Gasteiger partial charge on any atom is -0.457 e. The second kappa shape index (κ2) is 7.11. The highest BCUT2D eigenvalue weighted by Crippen LogP contribution is 2.36. The largest absolute Gasteiger partial charge is 0.457 e. The number of hydrogen-bond donors (Lipinski definition) is 0. The van der Waals surface area contributed by atoms with Crippen molar-refractivity contribution in [2.45, 2.75) is 6.18 Å². The van der Waals surface area contributed by atoms with Gasteiger partial charge in [0.05, 0.1) is 22.2 Å². The minimum atomic E-state index is -4.48. The number of benzene rings is 2. The van der Waals surface area contributed by atoms with Crippen molar-refractivity contribution in [2.75, 3.05) is 0 Å². The number of nitrogens with zero attached hydrogens (tertiary/aromatic N) is 1. The molecule has 0 fully saturated rings. The summed E-state index contributed by atoms with van der Waals surface area (Å²) in [4.78, 5) is 0. The van der Waals surface area contributed by atoms with Gasteiger partial charge in [-0.05, 0) is 42.0 Å². The van der Waals surface area contributed by atoms with Gasteiger partial charge in [0, 0.05) is 5.56 Å². The molecule has 1 heterocycles. The molecule has 3 aromatic rings. The Kier molecular flexibility index (Phi) is 4.88. The molecule has 0 amide bonds. The molecule has 0 aliphatic carbocycles. The Morgan fingerprint density at radius 2 is 1.77 bits per heavy atom. The fraction of sp³-hybridized carbons (Fsp3) is 0.0500. The standard InChI is InChI=1S/C20H11ClF3NO/c21-18-8-6-15(20(22,23)24)11-17(18)19-9-7-16(26-19)10-14(12-25)13-4-2-1-3-5-13/h1-11H/b14-10+. The lowest BCUT2D eigenvalue weighted by atomic mass is 10.1. The first-order valence-electron chi connectivity index (χ1n) is 7.52. The molecule has 0 saturated carbocycles. The topological polar surface area (TPSA) is 36.9 Å². The second-order valence-electron chi connectivity index (χ2n) is 5.43. The first-order valence-corrected chi connectivity index (χ1v) is 7.90. The van der Waals surface area contributed by atoms with E-state index >= 15 is 0 Å². The van der Waals surface area contributed by atoms with E-state index in [2.05, 4.69) is 6.07 Å². The van der Waals surface area contributed by atoms with Gasteiger partial charge in [-0.25, -0.2) is 0 Å². The Hall–Kier alpha value is -2.97. The van der Waals surface area contributed by atoms with Crippen LogP contribution in [0.3, 0.4) is 0 Å². The van der Waals surface area contributed by atoms with Gasteiger partial charge in [0.1, 0.15) is 11.5 Å². The number of allylic oxidation sites excluding steroid dienone is 1. The van der Waals surface area contributed by atoms with E-state index in [4.69, 9.17) is 16.0 Å². The quantitative estimate of drug-likeness (QED) is 0.480. The predicted molar refractivity (Wildman–Crippen MR) is 94.1 cm³/mol. The van der Waals surface area contributed by atoms with Gasteiger partial charge < -0.3 is 4.42 Å². The summed E-state index contributed by atoms with van der Waals surface area (Å²) in [6.07, 6.45) is -2.95. The van der Waals surface area contributed by atoms with E-state index in [9.17, 15) is 18.4 Å². The molecule has 0 saturated heterocycles. The molecule has 1 aromatic heterocycles. The van der Waals surface area contributed by atoms with Crippen LogP contribution in [0.4, 0.5) is 13.2 Å². The van der Waals surface area contributed by atoms with Gasteiger partial charge in [-0.15, -0.1) is 0 Å². The zero-order valence-electron chi connectivity index (χ0n) is 13.2. The van der Waals surface area contributed by atoms with E-state index < -0.39 is 11.7 Å². The molecule has 0 unspecified atom stereocenters. The Morgan fingerprint density at radius 3 is 2.42 bits per heavy atom. The van der Waals surface area contributed by atoms with E-state index in [0.29, 0.717) is 16.9 Å². The van der Waals surface area contributed by atoms with Crippen LogP contribution in [0.5, 0.6) is 0 Å². The van der Waals surface area contributed by atoms with Gasteiger partial charge in [-0.3, -0.25) is 0 Å². The van der Waals surface area contributed by atoms with Gasteiger partial charge >= 0.3 is 6.18 Å². The summed E-state index contributed by atoms with van der Waals surface area (Å²) in [5, 5.41) is 9.47. The third kappa shape index (κ3) is 3.81. The van der Waals surface area contributed by atoms with Crippen molar-refractivity contribution in [3.63, 3.8) is 0 Å². The summed E-state index contributed by atoms with van der Waals surface area (Å²) in [5.74, 6) is 0.534. The van der Waals surface area contributed by atoms with Gasteiger partial charge in [0.15, 0.2) is 0 Å². The van der Waals surface area contributed by atoms with Crippen LogP contribution in [0.2, 0.25) is 5.02 Å². The summed E-state index contributed by atoms with van der Waals surface area (Å²) < 4.78 is 44.3. The van der Waals surface area contributed by atoms with Crippen LogP contribution in [0.25, 0.3) is 23.0 Å². The summed E-state index contributed by atoms with van der Waals surface area (Å²) in [6, 6.07) is 17.2. The van der Waals surface area contributed by atoms with Gasteiger partial charge in [-0.1, -0.05) is 41.9 Å². The predicted octanol–water partition coefficient (Wildman–Crippen LogP) is 6.68. The summed E-state index contributed by atoms with van der Waals surface area (Å²) >= 11 is 6.02. The lowest BCUT2D eigenvalue weighted by Crippen LogP contribution is -2.04. The third-order valence-electron chi connectivity index (χ3n) is 3.68. The maximum Gasteiger partial charge on any atom is 0.416 e. The van der Waals surface area contributed by atoms with Crippen molar-refractivity contribution >= 4 is 23.3 Å². The first-order chi connectivity index (χ1) is 12.4. The number of nitriles is 1. The van der Waals surface area contributed by atoms with Gasteiger partial charge in [-0.2, -0.15) is 18.4 Å². The molecule has 130 valence electrons. The van der Waals surface area contributed by atoms with E-state index in [-0.39, 0.29) is 16.3 Å². The second-order valence-corrected chi connectivity index (χ2v) is 5.84. The van der Waals surface area contributed by atoms with Crippen molar-refractivity contribution in [1.29, 1.82) is 5.26 Å². The normalized spacial score (nSPS) is 12.0. The smallest absolute Gasteiger partial charge is 0.416 e. The Labute approximate surface area is 152 Å². The van der Waals surface area contributed by atoms with E-state index in [1.165, 1.54) is 18.2 Å². The molecule has 26 heavy (non-hydrogen) atoms. The minimum absolute atomic E-state index is 0.138. The summed E-state index contributed by atoms with van der Waals surface area (Å²) in [7, 11) is 0. The lowest BCUT2D eigenvalue weighted by molar-refractivity contribution is -0.137. The van der Waals surface area contributed by atoms with E-state index in [1.807, 2.05) is 6.07 Å². The molecule has 0 aliphatic heterocycles. The van der Waals surface area contributed by atoms with Crippen molar-refractivity contribution in [1.82, 2.24) is 0 Å². The Morgan fingerprint density at radius 1 is 1.04 bits per heavy atom. The molecule has 0 atom stereocenters. The van der Waals surface area contributed by atoms with E-state index in [0.717, 1.165) is 12.1 Å². The van der Waals surface area contributed by atoms with Crippen molar-refractivity contribution in [3.8, 4) is 17.4 Å². The van der Waals surface area contributed by atoms with Crippen molar-refractivity contribution in [3.05, 3.63) is 82.6 Å². The zero-order chi connectivity index (χ0) is 18.7. The molecular weight excluding hydrogens is 363 g/mol. The highest BCUT2D eigenvalue weighted by Gasteiger charge is 2.31. The molecule has 2 aromatic carbocycles. The molecule has 6 heteroatoms. The molecule has 0 radical (unpaired) electrons. The maximum absolute atomic E-state index is 12.9. The number of hydrogen-bond acceptors (Lipinski definition) is 2. The molecule has 0 aliphatic rings. The van der Waals surface area contributed by atoms with Crippen molar-refractivity contribution in [2.24, 2.45) is 0 Å². The van der Waals surface area contributed by atoms with Gasteiger partial charge in [0.2, 0.25) is 0 Å². The fourth-order valence-electron chi connectivity index (χ4n) is 2.41. The number of furan rings is 1. The van der Waals surface area contributed by atoms with Crippen molar-refractivity contribution < 1.29 is 17.6 Å². The Balaban J connectivity index is 1.99. The monoisotopic (exact) mass is 373 g/mol. The Bertz CT molecular complexity index is 998. The molecule has 0 bridgehead atoms. The zero-order valence-corrected chi connectivity index (χ0v) is 14.0. The SMILES string of the molecule is N#C/C(=C\c1ccc(-c2cc(C(F)(F)F)ccc2Cl)o1)c1ccccc1. The van der Waals surface area contributed by atoms with Crippen LogP contribution in [-0.4, -0.2) is 0 Å². The highest BCUT2D eigenvalue weighted by molar-refractivity contribution is 6.33. The molecular formula is C20H11ClF3NO. The molecule has 0 spiro atoms. The molecule has 0 N–H and O–H groups in total. The van der Waals surface area contributed by atoms with Crippen LogP contribution in [0.1, 0.15) is 16.9 Å². The first kappa shape index (κ1) is 17.8. The number of rotatable bonds is 3. The van der Waals surface area contributed by atoms with Crippen LogP contribution in [-0.2, 0) is 6.18 Å². The van der Waals surface area contributed by atoms with Crippen LogP contribution >= 0.6 is 11.6 Å². The average Bonchev–Trinajstić information content (AvgIpc) is 3.08. The third-order valence-corrected chi connectivity index (χ3v) is 4.01. The van der Waals surface area contributed by atoms with E-state index in [1.54, 1.807) is 30.3 Å². The lowest BCUT2D eigenvalue weighted by Gasteiger charge is -2.09. The molecule has 3 rings (SSSR count). The number of alkyl halides is 3. The number of halogens is 4. The highest BCUT2D eigenvalue weighted by atomic mass is 35.5. The average molecular weight is 374 g/mol. The summed E-state index contributed by atoms with van der Waals surface area (Å²) in [5.41, 5.74) is 0.415. The van der Waals surface area contributed by atoms with Crippen LogP contribution in [0, 0.1) is 11.3 Å². The maximum atomic E-state index is 12.9. The molecule has 2 nitrogen and oxygen atoms in total.